The molecule has 15 heavy (non-hydrogen) atoms. The third-order valence-corrected chi connectivity index (χ3v) is 4.64. The Kier molecular flexibility index (Phi) is 5.07. The van der Waals surface area contributed by atoms with E-state index in [2.05, 4.69) is 23.2 Å². The van der Waals surface area contributed by atoms with Crippen molar-refractivity contribution in [2.75, 3.05) is 18.1 Å². The highest BCUT2D eigenvalue weighted by Gasteiger charge is 2.12. The van der Waals surface area contributed by atoms with Gasteiger partial charge >= 0.3 is 0 Å². The molecule has 0 unspecified atom stereocenters. The molecule has 1 fully saturated rings. The highest BCUT2D eigenvalue weighted by molar-refractivity contribution is 7.99. The highest BCUT2D eigenvalue weighted by Crippen LogP contribution is 2.20. The van der Waals surface area contributed by atoms with E-state index in [9.17, 15) is 0 Å². The minimum absolute atomic E-state index is 0.799. The van der Waals surface area contributed by atoms with E-state index >= 15 is 0 Å². The normalized spacial score (nSPS) is 27.5. The number of nitrogens with one attached hydrogen (secondary N) is 1. The Labute approximate surface area is 98.1 Å². The maximum absolute atomic E-state index is 3.71. The molecule has 0 radical (unpaired) electrons. The van der Waals surface area contributed by atoms with Crippen LogP contribution in [0.4, 0.5) is 0 Å². The lowest BCUT2D eigenvalue weighted by Gasteiger charge is -2.23. The van der Waals surface area contributed by atoms with Crippen LogP contribution in [0.1, 0.15) is 44.9 Å². The zero-order valence-electron chi connectivity index (χ0n) is 9.63. The van der Waals surface area contributed by atoms with Gasteiger partial charge in [-0.1, -0.05) is 11.6 Å². The number of thioether (sulfide) groups is 1. The average molecular weight is 225 g/mol. The molecule has 0 spiro atoms. The fraction of sp³-hybridized carbons (Fsp3) is 0.846. The first-order valence-corrected chi connectivity index (χ1v) is 7.59. The number of rotatable bonds is 4. The van der Waals surface area contributed by atoms with Gasteiger partial charge in [-0.05, 0) is 57.2 Å². The number of hydrogen-bond donors (Lipinski definition) is 1. The largest absolute Gasteiger partial charge is 0.313 e. The summed E-state index contributed by atoms with van der Waals surface area (Å²) in [5.74, 6) is 2.71. The van der Waals surface area contributed by atoms with Crippen LogP contribution < -0.4 is 5.32 Å². The third-order valence-electron chi connectivity index (χ3n) is 3.42. The summed E-state index contributed by atoms with van der Waals surface area (Å²) >= 11 is 2.11. The molecule has 2 rings (SSSR count). The molecule has 1 heterocycles. The van der Waals surface area contributed by atoms with Gasteiger partial charge in [-0.15, -0.1) is 0 Å². The minimum atomic E-state index is 0.799. The Hall–Kier alpha value is 0.0500. The standard InChI is InChI=1S/C13H23NS/c1-2-5-12(6-3-1)8-9-14-13-7-4-10-15-11-13/h5,13-14H,1-4,6-11H2/t13-/m1/s1. The predicted octanol–water partition coefficient (Wildman–Crippen LogP) is 3.36. The molecule has 1 N–H and O–H groups in total. The van der Waals surface area contributed by atoms with E-state index in [1.54, 1.807) is 5.57 Å². The van der Waals surface area contributed by atoms with Gasteiger partial charge in [0.05, 0.1) is 0 Å². The summed E-state index contributed by atoms with van der Waals surface area (Å²) < 4.78 is 0. The average Bonchev–Trinajstić information content (AvgIpc) is 2.32. The molecule has 1 nitrogen and oxygen atoms in total. The van der Waals surface area contributed by atoms with Gasteiger partial charge in [0.15, 0.2) is 0 Å². The van der Waals surface area contributed by atoms with Crippen LogP contribution in [0.25, 0.3) is 0 Å². The number of hydrogen-bond acceptors (Lipinski definition) is 2. The lowest BCUT2D eigenvalue weighted by molar-refractivity contribution is 0.505. The maximum atomic E-state index is 3.71. The van der Waals surface area contributed by atoms with Crippen LogP contribution in [0.2, 0.25) is 0 Å². The van der Waals surface area contributed by atoms with Crippen molar-refractivity contribution in [2.45, 2.75) is 51.0 Å². The van der Waals surface area contributed by atoms with Crippen molar-refractivity contribution in [3.8, 4) is 0 Å². The van der Waals surface area contributed by atoms with Crippen LogP contribution in [0.3, 0.4) is 0 Å². The maximum Gasteiger partial charge on any atom is 0.0158 e. The molecular formula is C13H23NS. The van der Waals surface area contributed by atoms with Crippen LogP contribution in [-0.2, 0) is 0 Å². The van der Waals surface area contributed by atoms with Gasteiger partial charge < -0.3 is 5.32 Å². The fourth-order valence-electron chi connectivity index (χ4n) is 2.47. The molecule has 0 bridgehead atoms. The van der Waals surface area contributed by atoms with E-state index in [-0.39, 0.29) is 0 Å². The second-order valence-corrected chi connectivity index (χ2v) is 5.88. The molecular weight excluding hydrogens is 202 g/mol. The molecule has 1 aliphatic carbocycles. The highest BCUT2D eigenvalue weighted by atomic mass is 32.2. The quantitative estimate of drug-likeness (QED) is 0.736. The first-order valence-electron chi connectivity index (χ1n) is 6.44. The Bertz CT molecular complexity index is 207. The lowest BCUT2D eigenvalue weighted by Crippen LogP contribution is -2.34. The van der Waals surface area contributed by atoms with Crippen molar-refractivity contribution in [1.29, 1.82) is 0 Å². The van der Waals surface area contributed by atoms with Crippen molar-refractivity contribution >= 4 is 11.8 Å². The van der Waals surface area contributed by atoms with Gasteiger partial charge in [0.1, 0.15) is 0 Å². The van der Waals surface area contributed by atoms with E-state index in [0.717, 1.165) is 6.04 Å². The number of allylic oxidation sites excluding steroid dienone is 1. The lowest BCUT2D eigenvalue weighted by atomic mass is 9.97. The second kappa shape index (κ2) is 6.59. The van der Waals surface area contributed by atoms with Crippen molar-refractivity contribution in [1.82, 2.24) is 5.32 Å². The molecule has 1 saturated heterocycles. The van der Waals surface area contributed by atoms with Gasteiger partial charge in [0.25, 0.3) is 0 Å². The van der Waals surface area contributed by atoms with Gasteiger partial charge in [-0.2, -0.15) is 11.8 Å². The van der Waals surface area contributed by atoms with E-state index in [4.69, 9.17) is 0 Å². The van der Waals surface area contributed by atoms with Crippen LogP contribution >= 0.6 is 11.8 Å². The summed E-state index contributed by atoms with van der Waals surface area (Å²) in [4.78, 5) is 0. The molecule has 1 atom stereocenters. The topological polar surface area (TPSA) is 12.0 Å². The second-order valence-electron chi connectivity index (χ2n) is 4.73. The fourth-order valence-corrected chi connectivity index (χ4v) is 3.58. The predicted molar refractivity (Wildman–Crippen MR) is 69.5 cm³/mol. The van der Waals surface area contributed by atoms with Gasteiger partial charge in [0.2, 0.25) is 0 Å². The minimum Gasteiger partial charge on any atom is -0.313 e. The first kappa shape index (κ1) is 11.5. The van der Waals surface area contributed by atoms with E-state index in [0.29, 0.717) is 0 Å². The summed E-state index contributed by atoms with van der Waals surface area (Å²) in [6.45, 7) is 1.21. The molecule has 2 aliphatic rings. The SMILES string of the molecule is C1=C(CCN[C@@H]2CCCSC2)CCCC1. The van der Waals surface area contributed by atoms with Crippen LogP contribution in [-0.4, -0.2) is 24.1 Å². The van der Waals surface area contributed by atoms with Crippen LogP contribution in [0, 0.1) is 0 Å². The zero-order chi connectivity index (χ0) is 10.3. The van der Waals surface area contributed by atoms with Crippen molar-refractivity contribution in [3.63, 3.8) is 0 Å². The smallest absolute Gasteiger partial charge is 0.0158 e. The Morgan fingerprint density at radius 2 is 2.33 bits per heavy atom. The van der Waals surface area contributed by atoms with Crippen molar-refractivity contribution in [3.05, 3.63) is 11.6 Å². The summed E-state index contributed by atoms with van der Waals surface area (Å²) in [7, 11) is 0. The van der Waals surface area contributed by atoms with Crippen LogP contribution in [0.5, 0.6) is 0 Å². The Morgan fingerprint density at radius 3 is 3.07 bits per heavy atom. The van der Waals surface area contributed by atoms with Gasteiger partial charge in [0, 0.05) is 11.8 Å². The molecule has 0 aromatic heterocycles. The Morgan fingerprint density at radius 1 is 1.33 bits per heavy atom. The summed E-state index contributed by atoms with van der Waals surface area (Å²) in [6, 6.07) is 0.799. The molecule has 86 valence electrons. The van der Waals surface area contributed by atoms with E-state index < -0.39 is 0 Å². The third kappa shape index (κ3) is 4.20. The van der Waals surface area contributed by atoms with Crippen LogP contribution in [0.15, 0.2) is 11.6 Å². The Balaban J connectivity index is 1.59. The molecule has 0 amide bonds. The molecule has 2 heteroatoms. The van der Waals surface area contributed by atoms with Gasteiger partial charge in [-0.25, -0.2) is 0 Å². The van der Waals surface area contributed by atoms with E-state index in [1.165, 1.54) is 63.0 Å². The first-order chi connectivity index (χ1) is 7.45. The monoisotopic (exact) mass is 225 g/mol. The van der Waals surface area contributed by atoms with Gasteiger partial charge in [-0.3, -0.25) is 0 Å². The molecule has 0 aromatic rings. The summed E-state index contributed by atoms with van der Waals surface area (Å²) in [5.41, 5.74) is 1.71. The molecule has 0 saturated carbocycles. The molecule has 1 aliphatic heterocycles. The zero-order valence-corrected chi connectivity index (χ0v) is 10.5. The van der Waals surface area contributed by atoms with Crippen molar-refractivity contribution < 1.29 is 0 Å². The molecule has 0 aromatic carbocycles. The summed E-state index contributed by atoms with van der Waals surface area (Å²) in [5, 5.41) is 3.71. The summed E-state index contributed by atoms with van der Waals surface area (Å²) in [6.07, 6.45) is 12.1. The van der Waals surface area contributed by atoms with Crippen molar-refractivity contribution in [2.24, 2.45) is 0 Å². The van der Waals surface area contributed by atoms with E-state index in [1.807, 2.05) is 0 Å².